The zero-order valence-electron chi connectivity index (χ0n) is 16.2. The van der Waals surface area contributed by atoms with E-state index in [1.54, 1.807) is 19.1 Å². The summed E-state index contributed by atoms with van der Waals surface area (Å²) < 4.78 is 27.8. The van der Waals surface area contributed by atoms with Crippen LogP contribution < -0.4 is 15.4 Å². The molecule has 0 saturated carbocycles. The van der Waals surface area contributed by atoms with Gasteiger partial charge in [0.05, 0.1) is 11.4 Å². The first-order valence-electron chi connectivity index (χ1n) is 8.98. The third kappa shape index (κ3) is 5.82. The summed E-state index contributed by atoms with van der Waals surface area (Å²) in [5.74, 6) is -0.663. The van der Waals surface area contributed by atoms with Gasteiger partial charge in [0.25, 0.3) is 15.9 Å². The summed E-state index contributed by atoms with van der Waals surface area (Å²) in [6.45, 7) is 5.95. The minimum absolute atomic E-state index is 0.111. The van der Waals surface area contributed by atoms with Gasteiger partial charge in [0.15, 0.2) is 0 Å². The van der Waals surface area contributed by atoms with Gasteiger partial charge in [-0.1, -0.05) is 19.1 Å². The molecule has 0 unspecified atom stereocenters. The highest BCUT2D eigenvalue weighted by atomic mass is 32.2. The van der Waals surface area contributed by atoms with Crippen molar-refractivity contribution in [2.24, 2.45) is 0 Å². The molecule has 0 aliphatic carbocycles. The predicted molar refractivity (Wildman–Crippen MR) is 109 cm³/mol. The van der Waals surface area contributed by atoms with Gasteiger partial charge in [-0.2, -0.15) is 0 Å². The number of rotatable bonds is 8. The molecule has 0 aliphatic heterocycles. The monoisotopic (exact) mass is 403 g/mol. The molecule has 0 aromatic heterocycles. The molecule has 2 aromatic carbocycles. The quantitative estimate of drug-likeness (QED) is 0.629. The predicted octanol–water partition coefficient (Wildman–Crippen LogP) is 2.36. The van der Waals surface area contributed by atoms with Gasteiger partial charge < -0.3 is 10.6 Å². The van der Waals surface area contributed by atoms with E-state index in [-0.39, 0.29) is 17.3 Å². The van der Waals surface area contributed by atoms with E-state index in [9.17, 15) is 18.0 Å². The van der Waals surface area contributed by atoms with Gasteiger partial charge in [-0.05, 0) is 61.7 Å². The first kappa shape index (κ1) is 21.4. The van der Waals surface area contributed by atoms with Gasteiger partial charge in [0, 0.05) is 17.8 Å². The van der Waals surface area contributed by atoms with Crippen molar-refractivity contribution in [3.05, 3.63) is 59.2 Å². The SMILES string of the molecule is CCCNC(=O)CNC(=O)c1ccc(NS(=O)(=O)c2cc(C)ccc2C)cc1. The number of aryl methyl sites for hydroxylation is 2. The van der Waals surface area contributed by atoms with Gasteiger partial charge in [-0.25, -0.2) is 8.42 Å². The van der Waals surface area contributed by atoms with E-state index in [4.69, 9.17) is 0 Å². The molecule has 8 heteroatoms. The summed E-state index contributed by atoms with van der Waals surface area (Å²) >= 11 is 0. The first-order chi connectivity index (χ1) is 13.2. The van der Waals surface area contributed by atoms with E-state index in [0.717, 1.165) is 12.0 Å². The van der Waals surface area contributed by atoms with Crippen LogP contribution in [0.25, 0.3) is 0 Å². The van der Waals surface area contributed by atoms with E-state index in [1.807, 2.05) is 19.9 Å². The summed E-state index contributed by atoms with van der Waals surface area (Å²) in [6.07, 6.45) is 0.819. The molecule has 0 atom stereocenters. The Balaban J connectivity index is 2.03. The number of hydrogen-bond acceptors (Lipinski definition) is 4. The van der Waals surface area contributed by atoms with Crippen LogP contribution in [-0.2, 0) is 14.8 Å². The molecule has 0 heterocycles. The molecular weight excluding hydrogens is 378 g/mol. The Kier molecular flexibility index (Phi) is 7.17. The second-order valence-corrected chi connectivity index (χ2v) is 8.14. The molecule has 7 nitrogen and oxygen atoms in total. The van der Waals surface area contributed by atoms with E-state index in [1.165, 1.54) is 24.3 Å². The largest absolute Gasteiger partial charge is 0.355 e. The molecule has 0 spiro atoms. The van der Waals surface area contributed by atoms with Crippen molar-refractivity contribution in [1.82, 2.24) is 10.6 Å². The van der Waals surface area contributed by atoms with Crippen LogP contribution >= 0.6 is 0 Å². The standard InChI is InChI=1S/C20H25N3O4S/c1-4-11-21-19(24)13-22-20(25)16-7-9-17(10-8-16)23-28(26,27)18-12-14(2)5-6-15(18)3/h5-10,12,23H,4,11,13H2,1-3H3,(H,21,24)(H,22,25). The van der Waals surface area contributed by atoms with Gasteiger partial charge in [-0.3, -0.25) is 14.3 Å². The fourth-order valence-corrected chi connectivity index (χ4v) is 3.88. The van der Waals surface area contributed by atoms with E-state index < -0.39 is 15.9 Å². The van der Waals surface area contributed by atoms with Crippen LogP contribution in [0.3, 0.4) is 0 Å². The molecule has 2 rings (SSSR count). The fraction of sp³-hybridized carbons (Fsp3) is 0.300. The van der Waals surface area contributed by atoms with Crippen molar-refractivity contribution in [3.8, 4) is 0 Å². The zero-order valence-corrected chi connectivity index (χ0v) is 17.0. The Labute approximate surface area is 165 Å². The normalized spacial score (nSPS) is 11.0. The van der Waals surface area contributed by atoms with E-state index in [2.05, 4.69) is 15.4 Å². The second kappa shape index (κ2) is 9.36. The Bertz CT molecular complexity index is 954. The summed E-state index contributed by atoms with van der Waals surface area (Å²) in [5, 5.41) is 5.19. The minimum atomic E-state index is -3.73. The molecule has 2 amide bonds. The number of sulfonamides is 1. The van der Waals surface area contributed by atoms with Crippen molar-refractivity contribution >= 4 is 27.5 Å². The van der Waals surface area contributed by atoms with Gasteiger partial charge >= 0.3 is 0 Å². The molecule has 0 radical (unpaired) electrons. The van der Waals surface area contributed by atoms with Crippen LogP contribution in [0.1, 0.15) is 34.8 Å². The molecule has 0 bridgehead atoms. The van der Waals surface area contributed by atoms with Gasteiger partial charge in [-0.15, -0.1) is 0 Å². The van der Waals surface area contributed by atoms with E-state index >= 15 is 0 Å². The van der Waals surface area contributed by atoms with Crippen LogP contribution in [0.15, 0.2) is 47.4 Å². The zero-order chi connectivity index (χ0) is 20.7. The lowest BCUT2D eigenvalue weighted by atomic mass is 10.2. The Morgan fingerprint density at radius 2 is 1.64 bits per heavy atom. The minimum Gasteiger partial charge on any atom is -0.355 e. The molecule has 2 aromatic rings. The highest BCUT2D eigenvalue weighted by Crippen LogP contribution is 2.21. The van der Waals surface area contributed by atoms with Crippen molar-refractivity contribution in [3.63, 3.8) is 0 Å². The maximum Gasteiger partial charge on any atom is 0.262 e. The lowest BCUT2D eigenvalue weighted by Crippen LogP contribution is -2.37. The Morgan fingerprint density at radius 1 is 0.964 bits per heavy atom. The number of carbonyl (C=O) groups excluding carboxylic acids is 2. The van der Waals surface area contributed by atoms with Gasteiger partial charge in [0.1, 0.15) is 0 Å². The Morgan fingerprint density at radius 3 is 2.29 bits per heavy atom. The topological polar surface area (TPSA) is 104 Å². The lowest BCUT2D eigenvalue weighted by Gasteiger charge is -2.12. The third-order valence-electron chi connectivity index (χ3n) is 4.01. The number of nitrogens with one attached hydrogen (secondary N) is 3. The molecule has 0 saturated heterocycles. The van der Waals surface area contributed by atoms with Crippen molar-refractivity contribution in [2.75, 3.05) is 17.8 Å². The second-order valence-electron chi connectivity index (χ2n) is 6.48. The number of benzene rings is 2. The van der Waals surface area contributed by atoms with Crippen LogP contribution in [0, 0.1) is 13.8 Å². The molecule has 28 heavy (non-hydrogen) atoms. The highest BCUT2D eigenvalue weighted by Gasteiger charge is 2.17. The summed E-state index contributed by atoms with van der Waals surface area (Å²) in [5.41, 5.74) is 2.17. The van der Waals surface area contributed by atoms with Crippen LogP contribution in [0.5, 0.6) is 0 Å². The number of amides is 2. The lowest BCUT2D eigenvalue weighted by molar-refractivity contribution is -0.120. The average molecular weight is 404 g/mol. The summed E-state index contributed by atoms with van der Waals surface area (Å²) in [4.78, 5) is 23.8. The highest BCUT2D eigenvalue weighted by molar-refractivity contribution is 7.92. The maximum atomic E-state index is 12.6. The molecular formula is C20H25N3O4S. The summed E-state index contributed by atoms with van der Waals surface area (Å²) in [7, 11) is -3.73. The fourth-order valence-electron chi connectivity index (χ4n) is 2.49. The smallest absolute Gasteiger partial charge is 0.262 e. The van der Waals surface area contributed by atoms with Crippen molar-refractivity contribution in [1.29, 1.82) is 0 Å². The number of carbonyl (C=O) groups is 2. The first-order valence-corrected chi connectivity index (χ1v) is 10.5. The molecule has 0 fully saturated rings. The third-order valence-corrected chi connectivity index (χ3v) is 5.54. The average Bonchev–Trinajstić information content (AvgIpc) is 2.66. The van der Waals surface area contributed by atoms with Crippen molar-refractivity contribution < 1.29 is 18.0 Å². The van der Waals surface area contributed by atoms with Crippen LogP contribution in [-0.4, -0.2) is 33.3 Å². The molecule has 3 N–H and O–H groups in total. The van der Waals surface area contributed by atoms with Gasteiger partial charge in [0.2, 0.25) is 5.91 Å². The van der Waals surface area contributed by atoms with E-state index in [0.29, 0.717) is 23.4 Å². The Hall–Kier alpha value is -2.87. The van der Waals surface area contributed by atoms with Crippen LogP contribution in [0.4, 0.5) is 5.69 Å². The molecule has 0 aliphatic rings. The van der Waals surface area contributed by atoms with Crippen LogP contribution in [0.2, 0.25) is 0 Å². The number of hydrogen-bond donors (Lipinski definition) is 3. The van der Waals surface area contributed by atoms with Crippen molar-refractivity contribution in [2.45, 2.75) is 32.1 Å². The summed E-state index contributed by atoms with van der Waals surface area (Å²) in [6, 6.07) is 11.2. The maximum absolute atomic E-state index is 12.6. The molecule has 150 valence electrons. The number of anilines is 1.